The smallest absolute Gasteiger partial charge is 0.311 e. The molecule has 1 unspecified atom stereocenters. The number of rotatable bonds is 7. The number of carbonyl (C=O) groups excluding carboxylic acids is 2. The molecule has 0 aliphatic carbocycles. The Bertz CT molecular complexity index is 615. The zero-order valence-electron chi connectivity index (χ0n) is 16.0. The number of piperidine rings is 1. The Hall–Kier alpha value is -1.88. The van der Waals surface area contributed by atoms with Crippen molar-refractivity contribution in [3.8, 4) is 0 Å². The molecule has 2 N–H and O–H groups in total. The highest BCUT2D eigenvalue weighted by Gasteiger charge is 2.57. The quantitative estimate of drug-likeness (QED) is 0.726. The molecule has 26 heavy (non-hydrogen) atoms. The van der Waals surface area contributed by atoms with Crippen molar-refractivity contribution in [2.24, 2.45) is 0 Å². The largest absolute Gasteiger partial charge is 0.329 e. The van der Waals surface area contributed by atoms with E-state index in [0.717, 1.165) is 44.2 Å². The molecule has 2 aliphatic heterocycles. The zero-order chi connectivity index (χ0) is 18.6. The minimum atomic E-state index is -0.763. The Labute approximate surface area is 156 Å². The summed E-state index contributed by atoms with van der Waals surface area (Å²) in [5.41, 5.74) is 0.0433. The maximum absolute atomic E-state index is 13.0. The molecule has 0 aromatic heterocycles. The summed E-state index contributed by atoms with van der Waals surface area (Å²) < 4.78 is 0. The van der Waals surface area contributed by atoms with E-state index in [2.05, 4.69) is 24.5 Å². The summed E-state index contributed by atoms with van der Waals surface area (Å²) in [6.07, 6.45) is 8.00. The van der Waals surface area contributed by atoms with Gasteiger partial charge in [0.05, 0.1) is 0 Å². The number of imide groups is 1. The van der Waals surface area contributed by atoms with Crippen LogP contribution in [0.5, 0.6) is 0 Å². The third-order valence-corrected chi connectivity index (χ3v) is 5.74. The van der Waals surface area contributed by atoms with E-state index in [1.165, 1.54) is 0 Å². The number of urea groups is 1. The van der Waals surface area contributed by atoms with Crippen molar-refractivity contribution in [1.82, 2.24) is 10.6 Å². The van der Waals surface area contributed by atoms with Gasteiger partial charge in [-0.05, 0) is 37.8 Å². The summed E-state index contributed by atoms with van der Waals surface area (Å²) in [6.45, 7) is 4.38. The van der Waals surface area contributed by atoms with Crippen molar-refractivity contribution in [3.63, 3.8) is 0 Å². The van der Waals surface area contributed by atoms with Crippen LogP contribution in [0.25, 0.3) is 0 Å². The van der Waals surface area contributed by atoms with Crippen LogP contribution >= 0.6 is 0 Å². The Morgan fingerprint density at radius 1 is 1.00 bits per heavy atom. The lowest BCUT2D eigenvalue weighted by Gasteiger charge is -2.45. The van der Waals surface area contributed by atoms with E-state index < -0.39 is 5.54 Å². The molecule has 3 atom stereocenters. The van der Waals surface area contributed by atoms with Gasteiger partial charge in [-0.2, -0.15) is 0 Å². The number of hydrogen-bond donors (Lipinski definition) is 2. The van der Waals surface area contributed by atoms with Gasteiger partial charge in [0, 0.05) is 17.8 Å². The maximum Gasteiger partial charge on any atom is 0.329 e. The molecule has 2 saturated heterocycles. The summed E-state index contributed by atoms with van der Waals surface area (Å²) in [6, 6.07) is 9.87. The van der Waals surface area contributed by atoms with Crippen LogP contribution < -0.4 is 15.5 Å². The molecule has 3 rings (SSSR count). The minimum Gasteiger partial charge on any atom is -0.311 e. The molecule has 2 heterocycles. The average Bonchev–Trinajstić information content (AvgIpc) is 2.87. The van der Waals surface area contributed by atoms with Crippen molar-refractivity contribution >= 4 is 17.6 Å². The first-order valence-corrected chi connectivity index (χ1v) is 10.1. The van der Waals surface area contributed by atoms with Crippen LogP contribution in [0, 0.1) is 0 Å². The summed E-state index contributed by atoms with van der Waals surface area (Å²) >= 11 is 0. The molecule has 0 radical (unpaired) electrons. The van der Waals surface area contributed by atoms with Crippen molar-refractivity contribution in [1.29, 1.82) is 0 Å². The van der Waals surface area contributed by atoms with Gasteiger partial charge in [0.1, 0.15) is 5.54 Å². The number of carbonyl (C=O) groups is 2. The molecule has 2 fully saturated rings. The predicted octanol–water partition coefficient (Wildman–Crippen LogP) is 3.98. The summed E-state index contributed by atoms with van der Waals surface area (Å²) in [5.74, 6) is -0.129. The zero-order valence-corrected chi connectivity index (χ0v) is 16.0. The van der Waals surface area contributed by atoms with E-state index >= 15 is 0 Å². The van der Waals surface area contributed by atoms with Crippen LogP contribution in [-0.2, 0) is 4.79 Å². The predicted molar refractivity (Wildman–Crippen MR) is 104 cm³/mol. The number of benzene rings is 1. The number of unbranched alkanes of at least 4 members (excludes halogenated alkanes) is 2. The van der Waals surface area contributed by atoms with E-state index in [0.29, 0.717) is 12.8 Å². The molecule has 1 spiro atoms. The van der Waals surface area contributed by atoms with Crippen LogP contribution in [-0.4, -0.2) is 29.6 Å². The Balaban J connectivity index is 1.93. The summed E-state index contributed by atoms with van der Waals surface area (Å²) in [7, 11) is 0. The number of para-hydroxylation sites is 1. The number of amides is 3. The van der Waals surface area contributed by atoms with Crippen LogP contribution in [0.3, 0.4) is 0 Å². The third-order valence-electron chi connectivity index (χ3n) is 5.74. The molecule has 5 nitrogen and oxygen atoms in total. The molecule has 1 aromatic carbocycles. The van der Waals surface area contributed by atoms with E-state index in [4.69, 9.17) is 0 Å². The van der Waals surface area contributed by atoms with Crippen molar-refractivity contribution in [2.45, 2.75) is 82.8 Å². The van der Waals surface area contributed by atoms with E-state index in [1.807, 2.05) is 30.3 Å². The van der Waals surface area contributed by atoms with Crippen LogP contribution in [0.15, 0.2) is 30.3 Å². The van der Waals surface area contributed by atoms with Gasteiger partial charge in [-0.25, -0.2) is 4.79 Å². The molecule has 0 bridgehead atoms. The lowest BCUT2D eigenvalue weighted by Crippen LogP contribution is -2.62. The fraction of sp³-hybridized carbons (Fsp3) is 0.619. The Kier molecular flexibility index (Phi) is 5.97. The lowest BCUT2D eigenvalue weighted by atomic mass is 9.77. The second-order valence-corrected chi connectivity index (χ2v) is 7.72. The normalized spacial score (nSPS) is 28.6. The lowest BCUT2D eigenvalue weighted by molar-refractivity contribution is -0.125. The van der Waals surface area contributed by atoms with E-state index in [1.54, 1.807) is 4.90 Å². The average molecular weight is 357 g/mol. The summed E-state index contributed by atoms with van der Waals surface area (Å²) in [4.78, 5) is 27.4. The SMILES string of the molecule is CCCC[C@@H]1CC2(C[C@H](CCCC)N1)C(=O)NC(=O)N2c1ccccc1. The van der Waals surface area contributed by atoms with Crippen molar-refractivity contribution in [2.75, 3.05) is 4.90 Å². The summed E-state index contributed by atoms with van der Waals surface area (Å²) in [5, 5.41) is 6.36. The highest BCUT2D eigenvalue weighted by Crippen LogP contribution is 2.40. The van der Waals surface area contributed by atoms with Crippen LogP contribution in [0.1, 0.15) is 65.2 Å². The molecule has 142 valence electrons. The molecular weight excluding hydrogens is 326 g/mol. The molecular formula is C21H31N3O2. The van der Waals surface area contributed by atoms with Gasteiger partial charge in [0.2, 0.25) is 0 Å². The minimum absolute atomic E-state index is 0.129. The first kappa shape index (κ1) is 18.9. The number of anilines is 1. The fourth-order valence-electron chi connectivity index (χ4n) is 4.50. The first-order chi connectivity index (χ1) is 12.6. The van der Waals surface area contributed by atoms with Gasteiger partial charge < -0.3 is 5.32 Å². The molecule has 3 amide bonds. The van der Waals surface area contributed by atoms with Gasteiger partial charge in [-0.15, -0.1) is 0 Å². The molecule has 5 heteroatoms. The Morgan fingerprint density at radius 2 is 1.58 bits per heavy atom. The van der Waals surface area contributed by atoms with Gasteiger partial charge in [-0.3, -0.25) is 15.0 Å². The molecule has 0 saturated carbocycles. The van der Waals surface area contributed by atoms with Gasteiger partial charge in [-0.1, -0.05) is 57.7 Å². The topological polar surface area (TPSA) is 61.4 Å². The van der Waals surface area contributed by atoms with Gasteiger partial charge in [0.15, 0.2) is 0 Å². The Morgan fingerprint density at radius 3 is 2.12 bits per heavy atom. The highest BCUT2D eigenvalue weighted by atomic mass is 16.2. The monoisotopic (exact) mass is 357 g/mol. The number of hydrogen-bond acceptors (Lipinski definition) is 3. The van der Waals surface area contributed by atoms with Gasteiger partial charge in [0.25, 0.3) is 5.91 Å². The molecule has 1 aromatic rings. The van der Waals surface area contributed by atoms with Crippen LogP contribution in [0.4, 0.5) is 10.5 Å². The van der Waals surface area contributed by atoms with Crippen molar-refractivity contribution < 1.29 is 9.59 Å². The van der Waals surface area contributed by atoms with Crippen molar-refractivity contribution in [3.05, 3.63) is 30.3 Å². The fourth-order valence-corrected chi connectivity index (χ4v) is 4.50. The second-order valence-electron chi connectivity index (χ2n) is 7.72. The number of nitrogens with one attached hydrogen (secondary N) is 2. The molecule has 2 aliphatic rings. The standard InChI is InChI=1S/C21H31N3O2/c1-3-5-10-16-14-21(15-17(22-16)11-6-4-2)19(25)23-20(26)24(21)18-12-8-7-9-13-18/h7-9,12-13,16-17,22H,3-6,10-11,14-15H2,1-2H3,(H,23,25,26)/t16-,17+,21?. The van der Waals surface area contributed by atoms with E-state index in [9.17, 15) is 9.59 Å². The highest BCUT2D eigenvalue weighted by molar-refractivity contribution is 6.17. The maximum atomic E-state index is 13.0. The third kappa shape index (κ3) is 3.63. The van der Waals surface area contributed by atoms with E-state index in [-0.39, 0.29) is 24.0 Å². The first-order valence-electron chi connectivity index (χ1n) is 10.1. The van der Waals surface area contributed by atoms with Crippen LogP contribution in [0.2, 0.25) is 0 Å². The second kappa shape index (κ2) is 8.21. The number of nitrogens with zero attached hydrogens (tertiary/aromatic N) is 1. The van der Waals surface area contributed by atoms with Gasteiger partial charge >= 0.3 is 6.03 Å².